The van der Waals surface area contributed by atoms with Crippen molar-refractivity contribution in [2.24, 2.45) is 11.8 Å². The number of carbonyl (C=O) groups is 2. The Kier molecular flexibility index (Phi) is 14.0. The van der Waals surface area contributed by atoms with E-state index < -0.39 is 12.1 Å². The zero-order valence-corrected chi connectivity index (χ0v) is 18.5. The summed E-state index contributed by atoms with van der Waals surface area (Å²) in [4.78, 5) is 23.2. The molecule has 166 valence electrons. The normalized spacial score (nSPS) is 23.4. The average Bonchev–Trinajstić information content (AvgIpc) is 2.99. The second-order valence-corrected chi connectivity index (χ2v) is 9.10. The highest BCUT2D eigenvalue weighted by molar-refractivity contribution is 8.00. The van der Waals surface area contributed by atoms with E-state index in [9.17, 15) is 14.7 Å². The van der Waals surface area contributed by atoms with Crippen LogP contribution in [0.15, 0.2) is 24.3 Å². The van der Waals surface area contributed by atoms with Gasteiger partial charge in [0.1, 0.15) is 5.78 Å². The number of aliphatic hydroxyl groups excluding tert-OH is 2. The second kappa shape index (κ2) is 15.7. The Morgan fingerprint density at radius 3 is 2.62 bits per heavy atom. The van der Waals surface area contributed by atoms with Gasteiger partial charge in [-0.25, -0.2) is 4.79 Å². The fourth-order valence-corrected chi connectivity index (χ4v) is 4.93. The summed E-state index contributed by atoms with van der Waals surface area (Å²) < 4.78 is 0. The number of allylic oxidation sites excluding steroid dienone is 4. The Bertz CT molecular complexity index is 531. The molecule has 0 aromatic heterocycles. The molecule has 0 heterocycles. The van der Waals surface area contributed by atoms with Crippen molar-refractivity contribution in [3.05, 3.63) is 24.3 Å². The lowest BCUT2D eigenvalue weighted by atomic mass is 9.91. The first-order valence-corrected chi connectivity index (χ1v) is 12.0. The Morgan fingerprint density at radius 1 is 1.17 bits per heavy atom. The molecule has 1 fully saturated rings. The van der Waals surface area contributed by atoms with Gasteiger partial charge in [-0.15, -0.1) is 0 Å². The van der Waals surface area contributed by atoms with Crippen LogP contribution in [0.5, 0.6) is 0 Å². The molecule has 0 aliphatic heterocycles. The number of hydrogen-bond donors (Lipinski definition) is 3. The number of rotatable bonds is 16. The van der Waals surface area contributed by atoms with E-state index in [4.69, 9.17) is 10.2 Å². The van der Waals surface area contributed by atoms with Gasteiger partial charge < -0.3 is 15.3 Å². The highest BCUT2D eigenvalue weighted by Crippen LogP contribution is 2.40. The molecule has 0 amide bonds. The van der Waals surface area contributed by atoms with Gasteiger partial charge in [-0.3, -0.25) is 4.79 Å². The van der Waals surface area contributed by atoms with Gasteiger partial charge in [0.15, 0.2) is 6.10 Å². The Balaban J connectivity index is 2.56. The van der Waals surface area contributed by atoms with Crippen LogP contribution in [0.1, 0.15) is 71.1 Å². The molecule has 0 bridgehead atoms. The highest BCUT2D eigenvalue weighted by atomic mass is 32.2. The molecule has 0 saturated heterocycles. The van der Waals surface area contributed by atoms with Gasteiger partial charge in [-0.2, -0.15) is 11.8 Å². The molecule has 1 rings (SSSR count). The molecule has 1 unspecified atom stereocenters. The summed E-state index contributed by atoms with van der Waals surface area (Å²) >= 11 is 1.68. The first-order chi connectivity index (χ1) is 14.0. The maximum atomic E-state index is 12.6. The van der Waals surface area contributed by atoms with Crippen LogP contribution in [0.3, 0.4) is 0 Å². The number of unbranched alkanes of at least 4 members (excludes halogenated alkanes) is 5. The number of aliphatic carboxylic acids is 1. The van der Waals surface area contributed by atoms with Gasteiger partial charge >= 0.3 is 5.97 Å². The van der Waals surface area contributed by atoms with Crippen LogP contribution in [0, 0.1) is 11.8 Å². The van der Waals surface area contributed by atoms with E-state index in [0.29, 0.717) is 25.0 Å². The van der Waals surface area contributed by atoms with Crippen molar-refractivity contribution in [1.82, 2.24) is 0 Å². The topological polar surface area (TPSA) is 94.8 Å². The van der Waals surface area contributed by atoms with Crippen LogP contribution in [0.2, 0.25) is 0 Å². The minimum atomic E-state index is -1.33. The van der Waals surface area contributed by atoms with Gasteiger partial charge in [0.05, 0.1) is 6.61 Å². The van der Waals surface area contributed by atoms with Crippen LogP contribution >= 0.6 is 11.8 Å². The second-order valence-electron chi connectivity index (χ2n) is 7.76. The lowest BCUT2D eigenvalue weighted by Crippen LogP contribution is -2.18. The van der Waals surface area contributed by atoms with Crippen LogP contribution in [-0.4, -0.2) is 50.8 Å². The van der Waals surface area contributed by atoms with E-state index in [1.165, 1.54) is 32.1 Å². The molecule has 6 heteroatoms. The molecule has 1 aliphatic rings. The van der Waals surface area contributed by atoms with Crippen molar-refractivity contribution >= 4 is 23.5 Å². The predicted molar refractivity (Wildman–Crippen MR) is 119 cm³/mol. The monoisotopic (exact) mass is 426 g/mol. The van der Waals surface area contributed by atoms with Gasteiger partial charge in [0, 0.05) is 23.3 Å². The lowest BCUT2D eigenvalue weighted by molar-refractivity contribution is -0.146. The summed E-state index contributed by atoms with van der Waals surface area (Å²) in [6.45, 7) is 2.34. The fraction of sp³-hybridized carbons (Fsp3) is 0.739. The maximum Gasteiger partial charge on any atom is 0.332 e. The maximum absolute atomic E-state index is 12.6. The predicted octanol–water partition coefficient (Wildman–Crippen LogP) is 4.37. The molecule has 4 atom stereocenters. The van der Waals surface area contributed by atoms with Crippen molar-refractivity contribution in [1.29, 1.82) is 0 Å². The van der Waals surface area contributed by atoms with Crippen molar-refractivity contribution in [3.8, 4) is 0 Å². The van der Waals surface area contributed by atoms with Crippen LogP contribution in [0.4, 0.5) is 0 Å². The van der Waals surface area contributed by atoms with Gasteiger partial charge in [0.2, 0.25) is 0 Å². The van der Waals surface area contributed by atoms with Gasteiger partial charge in [0.25, 0.3) is 0 Å². The van der Waals surface area contributed by atoms with Crippen molar-refractivity contribution in [2.75, 3.05) is 12.4 Å². The van der Waals surface area contributed by atoms with Gasteiger partial charge in [-0.1, -0.05) is 56.9 Å². The van der Waals surface area contributed by atoms with E-state index in [1.54, 1.807) is 11.8 Å². The summed E-state index contributed by atoms with van der Waals surface area (Å²) in [5, 5.41) is 27.4. The Labute approximate surface area is 179 Å². The van der Waals surface area contributed by atoms with Gasteiger partial charge in [-0.05, 0) is 38.0 Å². The van der Waals surface area contributed by atoms with E-state index >= 15 is 0 Å². The SMILES string of the molecule is CCCCCCC/C=C/[C@H]1[C@H](SCCO)CC(=O)[C@@H]1C/C=C\CCC(O)C(=O)O. The third-order valence-electron chi connectivity index (χ3n) is 5.41. The molecule has 1 aliphatic carbocycles. The number of hydrogen-bond acceptors (Lipinski definition) is 5. The number of carboxylic acid groups (broad SMARTS) is 1. The number of ketones is 1. The molecule has 3 N–H and O–H groups in total. The minimum absolute atomic E-state index is 0.0526. The fourth-order valence-electron chi connectivity index (χ4n) is 3.74. The third-order valence-corrected chi connectivity index (χ3v) is 6.74. The number of Topliss-reactive ketones (excluding diaryl/α,β-unsaturated/α-hetero) is 1. The van der Waals surface area contributed by atoms with E-state index in [1.807, 2.05) is 12.2 Å². The molecule has 0 radical (unpaired) electrons. The highest BCUT2D eigenvalue weighted by Gasteiger charge is 2.40. The lowest BCUT2D eigenvalue weighted by Gasteiger charge is -2.19. The summed E-state index contributed by atoms with van der Waals surface area (Å²) in [5.41, 5.74) is 0. The quantitative estimate of drug-likeness (QED) is 0.250. The zero-order valence-electron chi connectivity index (χ0n) is 17.7. The Hall–Kier alpha value is -1.11. The molecule has 0 aromatic carbocycles. The van der Waals surface area contributed by atoms with E-state index in [-0.39, 0.29) is 35.9 Å². The largest absolute Gasteiger partial charge is 0.479 e. The number of thioether (sulfide) groups is 1. The first-order valence-electron chi connectivity index (χ1n) is 11.0. The molecular weight excluding hydrogens is 388 g/mol. The molecule has 5 nitrogen and oxygen atoms in total. The smallest absolute Gasteiger partial charge is 0.332 e. The standard InChI is InChI=1S/C23H38O5S/c1-2-3-4-5-6-7-9-13-19-18(21(26)17-22(19)29-16-15-24)12-10-8-11-14-20(25)23(27)28/h8-10,13,18-20,22,24-25H,2-7,11-12,14-17H2,1H3,(H,27,28)/b10-8-,13-9+/t18-,19-,20?,22-/m1/s1. The van der Waals surface area contributed by atoms with Crippen molar-refractivity contribution in [3.63, 3.8) is 0 Å². The van der Waals surface area contributed by atoms with Crippen LogP contribution in [-0.2, 0) is 9.59 Å². The number of carboxylic acids is 1. The summed E-state index contributed by atoms with van der Waals surface area (Å²) in [5.74, 6) is -0.150. The summed E-state index contributed by atoms with van der Waals surface area (Å²) in [7, 11) is 0. The van der Waals surface area contributed by atoms with Crippen molar-refractivity contribution in [2.45, 2.75) is 82.5 Å². The third kappa shape index (κ3) is 10.5. The number of aliphatic hydroxyl groups is 2. The van der Waals surface area contributed by atoms with Crippen LogP contribution < -0.4 is 0 Å². The van der Waals surface area contributed by atoms with E-state index in [2.05, 4.69) is 19.1 Å². The summed E-state index contributed by atoms with van der Waals surface area (Å²) in [6.07, 6.45) is 16.1. The minimum Gasteiger partial charge on any atom is -0.479 e. The summed E-state index contributed by atoms with van der Waals surface area (Å²) in [6, 6.07) is 0. The zero-order chi connectivity index (χ0) is 21.5. The van der Waals surface area contributed by atoms with E-state index in [0.717, 1.165) is 6.42 Å². The number of carbonyl (C=O) groups excluding carboxylic acids is 1. The first kappa shape index (κ1) is 25.9. The molecule has 0 aromatic rings. The molecule has 0 spiro atoms. The Morgan fingerprint density at radius 2 is 1.93 bits per heavy atom. The average molecular weight is 427 g/mol. The van der Waals surface area contributed by atoms with Crippen molar-refractivity contribution < 1.29 is 24.9 Å². The van der Waals surface area contributed by atoms with Crippen LogP contribution in [0.25, 0.3) is 0 Å². The molecule has 29 heavy (non-hydrogen) atoms. The molecule has 1 saturated carbocycles. The molecular formula is C23H38O5S.